The first kappa shape index (κ1) is 11.5. The summed E-state index contributed by atoms with van der Waals surface area (Å²) in [6.07, 6.45) is 4.13. The summed E-state index contributed by atoms with van der Waals surface area (Å²) in [7, 11) is 0. The van der Waals surface area contributed by atoms with Crippen LogP contribution in [0.4, 0.5) is 0 Å². The number of carboxylic acids is 1. The van der Waals surface area contributed by atoms with Crippen LogP contribution < -0.4 is 0 Å². The van der Waals surface area contributed by atoms with Crippen molar-refractivity contribution in [1.82, 2.24) is 0 Å². The first-order valence-corrected chi connectivity index (χ1v) is 5.41. The number of aliphatic carboxylic acids is 1. The first-order chi connectivity index (χ1) is 6.56. The molecule has 2 atom stereocenters. The van der Waals surface area contributed by atoms with Crippen LogP contribution >= 0.6 is 0 Å². The van der Waals surface area contributed by atoms with Gasteiger partial charge < -0.3 is 9.84 Å². The molecule has 0 aromatic heterocycles. The standard InChI is InChI=1S/C11H20O3/c1-3-11(2)8-9(6-7-14-11)4-5-10(12)13/h9H,3-8H2,1-2H3,(H,12,13). The molecule has 0 aromatic carbocycles. The lowest BCUT2D eigenvalue weighted by Crippen LogP contribution is -2.36. The van der Waals surface area contributed by atoms with Crippen LogP contribution in [0.1, 0.15) is 46.0 Å². The van der Waals surface area contributed by atoms with Crippen LogP contribution in [0.15, 0.2) is 0 Å². The van der Waals surface area contributed by atoms with Crippen molar-refractivity contribution in [3.8, 4) is 0 Å². The van der Waals surface area contributed by atoms with Gasteiger partial charge in [0, 0.05) is 13.0 Å². The maximum Gasteiger partial charge on any atom is 0.303 e. The minimum absolute atomic E-state index is 0.0125. The molecular formula is C11H20O3. The molecule has 0 saturated carbocycles. The van der Waals surface area contributed by atoms with Gasteiger partial charge in [0.25, 0.3) is 0 Å². The molecule has 0 spiro atoms. The van der Waals surface area contributed by atoms with Crippen LogP contribution in [0, 0.1) is 5.92 Å². The van der Waals surface area contributed by atoms with Crippen LogP contribution in [0.25, 0.3) is 0 Å². The number of rotatable bonds is 4. The maximum absolute atomic E-state index is 10.4. The Morgan fingerprint density at radius 2 is 2.36 bits per heavy atom. The molecule has 2 unspecified atom stereocenters. The highest BCUT2D eigenvalue weighted by molar-refractivity contribution is 5.66. The molecule has 1 fully saturated rings. The lowest BCUT2D eigenvalue weighted by atomic mass is 9.83. The highest BCUT2D eigenvalue weighted by atomic mass is 16.5. The Hall–Kier alpha value is -0.570. The fourth-order valence-corrected chi connectivity index (χ4v) is 2.06. The number of hydrogen-bond donors (Lipinski definition) is 1. The predicted molar refractivity (Wildman–Crippen MR) is 54.2 cm³/mol. The summed E-state index contributed by atoms with van der Waals surface area (Å²) in [5.74, 6) is -0.153. The van der Waals surface area contributed by atoms with E-state index in [0.29, 0.717) is 12.3 Å². The van der Waals surface area contributed by atoms with Gasteiger partial charge in [-0.2, -0.15) is 0 Å². The number of hydrogen-bond acceptors (Lipinski definition) is 2. The van der Waals surface area contributed by atoms with Gasteiger partial charge in [0.1, 0.15) is 0 Å². The Labute approximate surface area is 85.5 Å². The molecule has 1 N–H and O–H groups in total. The second-order valence-electron chi connectivity index (χ2n) is 4.44. The fourth-order valence-electron chi connectivity index (χ4n) is 2.06. The largest absolute Gasteiger partial charge is 0.481 e. The van der Waals surface area contributed by atoms with Gasteiger partial charge in [0.2, 0.25) is 0 Å². The Morgan fingerprint density at radius 3 is 2.93 bits per heavy atom. The Kier molecular flexibility index (Phi) is 3.93. The average Bonchev–Trinajstić information content (AvgIpc) is 2.15. The molecular weight excluding hydrogens is 180 g/mol. The van der Waals surface area contributed by atoms with Crippen molar-refractivity contribution in [2.45, 2.75) is 51.6 Å². The van der Waals surface area contributed by atoms with Crippen LogP contribution in [0.5, 0.6) is 0 Å². The quantitative estimate of drug-likeness (QED) is 0.758. The number of carboxylic acid groups (broad SMARTS) is 1. The maximum atomic E-state index is 10.4. The third-order valence-corrected chi connectivity index (χ3v) is 3.21. The summed E-state index contributed by atoms with van der Waals surface area (Å²) in [5.41, 5.74) is -0.0125. The van der Waals surface area contributed by atoms with Gasteiger partial charge in [0.15, 0.2) is 0 Å². The van der Waals surface area contributed by atoms with Gasteiger partial charge in [-0.25, -0.2) is 0 Å². The molecule has 0 aliphatic carbocycles. The lowest BCUT2D eigenvalue weighted by molar-refractivity contribution is -0.138. The van der Waals surface area contributed by atoms with E-state index in [1.54, 1.807) is 0 Å². The van der Waals surface area contributed by atoms with Crippen molar-refractivity contribution in [3.63, 3.8) is 0 Å². The van der Waals surface area contributed by atoms with Crippen molar-refractivity contribution < 1.29 is 14.6 Å². The van der Waals surface area contributed by atoms with Crippen molar-refractivity contribution in [2.75, 3.05) is 6.61 Å². The summed E-state index contributed by atoms with van der Waals surface area (Å²) in [6.45, 7) is 5.04. The molecule has 3 heteroatoms. The zero-order valence-corrected chi connectivity index (χ0v) is 9.08. The number of ether oxygens (including phenoxy) is 1. The lowest BCUT2D eigenvalue weighted by Gasteiger charge is -2.37. The molecule has 1 aliphatic heterocycles. The molecule has 3 nitrogen and oxygen atoms in total. The minimum atomic E-state index is -0.685. The molecule has 1 aliphatic rings. The summed E-state index contributed by atoms with van der Waals surface area (Å²) in [5, 5.41) is 8.60. The highest BCUT2D eigenvalue weighted by Crippen LogP contribution is 2.33. The molecule has 0 radical (unpaired) electrons. The van der Waals surface area contributed by atoms with Gasteiger partial charge in [0.05, 0.1) is 5.60 Å². The normalized spacial score (nSPS) is 32.9. The third-order valence-electron chi connectivity index (χ3n) is 3.21. The second kappa shape index (κ2) is 4.78. The van der Waals surface area contributed by atoms with Gasteiger partial charge in [-0.3, -0.25) is 4.79 Å². The van der Waals surface area contributed by atoms with Crippen LogP contribution in [0.3, 0.4) is 0 Å². The zero-order chi connectivity index (χ0) is 10.6. The van der Waals surface area contributed by atoms with Crippen LogP contribution in [0.2, 0.25) is 0 Å². The molecule has 0 bridgehead atoms. The Bertz CT molecular complexity index is 203. The van der Waals surface area contributed by atoms with Crippen molar-refractivity contribution in [1.29, 1.82) is 0 Å². The van der Waals surface area contributed by atoms with E-state index < -0.39 is 5.97 Å². The molecule has 1 saturated heterocycles. The van der Waals surface area contributed by atoms with E-state index >= 15 is 0 Å². The van der Waals surface area contributed by atoms with Crippen molar-refractivity contribution in [2.24, 2.45) is 5.92 Å². The van der Waals surface area contributed by atoms with E-state index in [4.69, 9.17) is 9.84 Å². The van der Waals surface area contributed by atoms with Crippen LogP contribution in [-0.4, -0.2) is 23.3 Å². The van der Waals surface area contributed by atoms with E-state index in [1.807, 2.05) is 0 Å². The van der Waals surface area contributed by atoms with E-state index in [-0.39, 0.29) is 5.60 Å². The average molecular weight is 200 g/mol. The van der Waals surface area contributed by atoms with Crippen molar-refractivity contribution in [3.05, 3.63) is 0 Å². The molecule has 1 heterocycles. The van der Waals surface area contributed by atoms with E-state index in [9.17, 15) is 4.79 Å². The SMILES string of the molecule is CCC1(C)CC(CCC(=O)O)CCO1. The van der Waals surface area contributed by atoms with Gasteiger partial charge in [-0.1, -0.05) is 6.92 Å². The Balaban J connectivity index is 2.36. The first-order valence-electron chi connectivity index (χ1n) is 5.41. The zero-order valence-electron chi connectivity index (χ0n) is 9.08. The smallest absolute Gasteiger partial charge is 0.303 e. The summed E-state index contributed by atoms with van der Waals surface area (Å²) in [6, 6.07) is 0. The third kappa shape index (κ3) is 3.29. The molecule has 14 heavy (non-hydrogen) atoms. The van der Waals surface area contributed by atoms with Gasteiger partial charge in [-0.15, -0.1) is 0 Å². The molecule has 0 amide bonds. The van der Waals surface area contributed by atoms with E-state index in [2.05, 4.69) is 13.8 Å². The Morgan fingerprint density at radius 1 is 1.64 bits per heavy atom. The van der Waals surface area contributed by atoms with E-state index in [0.717, 1.165) is 32.3 Å². The van der Waals surface area contributed by atoms with Gasteiger partial charge >= 0.3 is 5.97 Å². The predicted octanol–water partition coefficient (Wildman–Crippen LogP) is 2.45. The second-order valence-corrected chi connectivity index (χ2v) is 4.44. The van der Waals surface area contributed by atoms with Crippen LogP contribution in [-0.2, 0) is 9.53 Å². The van der Waals surface area contributed by atoms with Crippen molar-refractivity contribution >= 4 is 5.97 Å². The molecule has 82 valence electrons. The monoisotopic (exact) mass is 200 g/mol. The van der Waals surface area contributed by atoms with Gasteiger partial charge in [-0.05, 0) is 38.5 Å². The fraction of sp³-hybridized carbons (Fsp3) is 0.909. The van der Waals surface area contributed by atoms with E-state index in [1.165, 1.54) is 0 Å². The topological polar surface area (TPSA) is 46.5 Å². The molecule has 0 aromatic rings. The number of carbonyl (C=O) groups is 1. The molecule has 1 rings (SSSR count). The summed E-state index contributed by atoms with van der Waals surface area (Å²) in [4.78, 5) is 10.4. The summed E-state index contributed by atoms with van der Waals surface area (Å²) < 4.78 is 5.70. The highest BCUT2D eigenvalue weighted by Gasteiger charge is 2.31. The minimum Gasteiger partial charge on any atom is -0.481 e. The summed E-state index contributed by atoms with van der Waals surface area (Å²) >= 11 is 0.